The molecule has 2 aliphatic heterocycles. The van der Waals surface area contributed by atoms with Gasteiger partial charge in [0, 0.05) is 46.2 Å². The highest BCUT2D eigenvalue weighted by Gasteiger charge is 2.22. The number of carbonyl (C=O) groups excluding carboxylic acids is 1. The van der Waals surface area contributed by atoms with E-state index in [1.165, 1.54) is 26.7 Å². The molecule has 0 radical (unpaired) electrons. The van der Waals surface area contributed by atoms with Crippen molar-refractivity contribution in [3.05, 3.63) is 46.1 Å². The molecule has 4 rings (SSSR count). The summed E-state index contributed by atoms with van der Waals surface area (Å²) >= 11 is 0. The average molecular weight is 357 g/mol. The molecule has 1 saturated heterocycles. The first-order valence-electron chi connectivity index (χ1n) is 8.93. The zero-order chi connectivity index (χ0) is 18.1. The molecule has 8 nitrogen and oxygen atoms in total. The number of carbonyl (C=O) groups is 1. The quantitative estimate of drug-likeness (QED) is 0.762. The Bertz CT molecular complexity index is 864. The number of fused-ring (bicyclic) bond motifs is 1. The SMILES string of the molecule is Cn1ncn(CC(=O)N2CCN(Cc3ccc4c(c3)CCO4)CC2)c1=O. The van der Waals surface area contributed by atoms with Crippen molar-refractivity contribution in [2.75, 3.05) is 32.8 Å². The Hall–Kier alpha value is -2.61. The highest BCUT2D eigenvalue weighted by atomic mass is 16.5. The van der Waals surface area contributed by atoms with Crippen molar-refractivity contribution in [1.82, 2.24) is 24.1 Å². The van der Waals surface area contributed by atoms with Crippen LogP contribution in [0.15, 0.2) is 29.3 Å². The van der Waals surface area contributed by atoms with E-state index < -0.39 is 0 Å². The minimum Gasteiger partial charge on any atom is -0.493 e. The van der Waals surface area contributed by atoms with Gasteiger partial charge in [0.2, 0.25) is 5.91 Å². The Morgan fingerprint density at radius 1 is 1.23 bits per heavy atom. The first-order chi connectivity index (χ1) is 12.6. The van der Waals surface area contributed by atoms with Crippen molar-refractivity contribution in [3.8, 4) is 5.75 Å². The lowest BCUT2D eigenvalue weighted by atomic mass is 10.1. The smallest absolute Gasteiger partial charge is 0.345 e. The zero-order valence-corrected chi connectivity index (χ0v) is 14.9. The molecule has 1 aromatic carbocycles. The summed E-state index contributed by atoms with van der Waals surface area (Å²) in [6.45, 7) is 4.75. The Morgan fingerprint density at radius 3 is 2.77 bits per heavy atom. The number of rotatable bonds is 4. The topological polar surface area (TPSA) is 72.6 Å². The molecule has 138 valence electrons. The molecule has 3 heterocycles. The van der Waals surface area contributed by atoms with E-state index >= 15 is 0 Å². The van der Waals surface area contributed by atoms with Crippen LogP contribution in [0.3, 0.4) is 0 Å². The number of aryl methyl sites for hydroxylation is 1. The standard InChI is InChI=1S/C18H23N5O3/c1-20-18(25)23(13-19-20)12-17(24)22-7-5-21(6-8-22)11-14-2-3-16-15(10-14)4-9-26-16/h2-3,10,13H,4-9,11-12H2,1H3. The lowest BCUT2D eigenvalue weighted by Crippen LogP contribution is -2.49. The van der Waals surface area contributed by atoms with Crippen LogP contribution in [0.5, 0.6) is 5.75 Å². The maximum Gasteiger partial charge on any atom is 0.345 e. The van der Waals surface area contributed by atoms with E-state index in [9.17, 15) is 9.59 Å². The molecule has 0 bridgehead atoms. The maximum absolute atomic E-state index is 12.4. The van der Waals surface area contributed by atoms with Crippen LogP contribution in [-0.4, -0.2) is 62.8 Å². The van der Waals surface area contributed by atoms with Gasteiger partial charge in [-0.25, -0.2) is 9.48 Å². The predicted octanol–water partition coefficient (Wildman–Crippen LogP) is -0.139. The lowest BCUT2D eigenvalue weighted by molar-refractivity contribution is -0.133. The Kier molecular flexibility index (Phi) is 4.50. The first-order valence-corrected chi connectivity index (χ1v) is 8.93. The van der Waals surface area contributed by atoms with Crippen molar-refractivity contribution in [1.29, 1.82) is 0 Å². The van der Waals surface area contributed by atoms with Gasteiger partial charge in [0.05, 0.1) is 6.61 Å². The van der Waals surface area contributed by atoms with Crippen LogP contribution in [-0.2, 0) is 31.4 Å². The predicted molar refractivity (Wildman–Crippen MR) is 95.0 cm³/mol. The molecule has 1 fully saturated rings. The van der Waals surface area contributed by atoms with E-state index in [0.717, 1.165) is 38.4 Å². The van der Waals surface area contributed by atoms with Crippen LogP contribution in [0.2, 0.25) is 0 Å². The van der Waals surface area contributed by atoms with Gasteiger partial charge in [-0.05, 0) is 17.2 Å². The van der Waals surface area contributed by atoms with Crippen LogP contribution in [0.1, 0.15) is 11.1 Å². The number of ether oxygens (including phenoxy) is 1. The van der Waals surface area contributed by atoms with Crippen LogP contribution < -0.4 is 10.4 Å². The Balaban J connectivity index is 1.30. The monoisotopic (exact) mass is 357 g/mol. The van der Waals surface area contributed by atoms with Crippen LogP contribution >= 0.6 is 0 Å². The van der Waals surface area contributed by atoms with Crippen molar-refractivity contribution >= 4 is 5.91 Å². The molecule has 0 unspecified atom stereocenters. The maximum atomic E-state index is 12.4. The summed E-state index contributed by atoms with van der Waals surface area (Å²) < 4.78 is 8.13. The average Bonchev–Trinajstić information content (AvgIpc) is 3.23. The Morgan fingerprint density at radius 2 is 2.04 bits per heavy atom. The van der Waals surface area contributed by atoms with E-state index in [1.807, 2.05) is 4.90 Å². The Labute approximate surface area is 151 Å². The number of aromatic nitrogens is 3. The second kappa shape index (κ2) is 6.95. The largest absolute Gasteiger partial charge is 0.493 e. The molecule has 2 aromatic rings. The fourth-order valence-electron chi connectivity index (χ4n) is 3.53. The summed E-state index contributed by atoms with van der Waals surface area (Å²) in [5, 5.41) is 3.88. The van der Waals surface area contributed by atoms with Gasteiger partial charge in [-0.1, -0.05) is 12.1 Å². The molecular formula is C18H23N5O3. The molecule has 0 saturated carbocycles. The molecule has 0 atom stereocenters. The van der Waals surface area contributed by atoms with Crippen molar-refractivity contribution in [2.24, 2.45) is 7.05 Å². The van der Waals surface area contributed by atoms with Gasteiger partial charge in [-0.15, -0.1) is 0 Å². The first kappa shape index (κ1) is 16.8. The van der Waals surface area contributed by atoms with E-state index in [4.69, 9.17) is 4.74 Å². The molecule has 26 heavy (non-hydrogen) atoms. The summed E-state index contributed by atoms with van der Waals surface area (Å²) in [6.07, 6.45) is 2.40. The summed E-state index contributed by atoms with van der Waals surface area (Å²) in [7, 11) is 1.58. The second-order valence-electron chi connectivity index (χ2n) is 6.86. The number of hydrogen-bond acceptors (Lipinski definition) is 5. The van der Waals surface area contributed by atoms with Gasteiger partial charge in [0.25, 0.3) is 0 Å². The van der Waals surface area contributed by atoms with E-state index in [1.54, 1.807) is 7.05 Å². The number of piperazine rings is 1. The number of benzene rings is 1. The highest BCUT2D eigenvalue weighted by molar-refractivity contribution is 5.76. The number of nitrogens with zero attached hydrogens (tertiary/aromatic N) is 5. The van der Waals surface area contributed by atoms with Gasteiger partial charge < -0.3 is 9.64 Å². The normalized spacial score (nSPS) is 17.2. The third kappa shape index (κ3) is 3.37. The minimum absolute atomic E-state index is 0.0329. The lowest BCUT2D eigenvalue weighted by Gasteiger charge is -2.34. The zero-order valence-electron chi connectivity index (χ0n) is 14.9. The second-order valence-corrected chi connectivity index (χ2v) is 6.86. The number of hydrogen-bond donors (Lipinski definition) is 0. The van der Waals surface area contributed by atoms with Crippen LogP contribution in [0.4, 0.5) is 0 Å². The van der Waals surface area contributed by atoms with Crippen LogP contribution in [0.25, 0.3) is 0 Å². The third-order valence-corrected chi connectivity index (χ3v) is 5.08. The van der Waals surface area contributed by atoms with E-state index in [0.29, 0.717) is 13.1 Å². The molecule has 2 aliphatic rings. The molecule has 0 spiro atoms. The summed E-state index contributed by atoms with van der Waals surface area (Å²) in [5.41, 5.74) is 2.31. The van der Waals surface area contributed by atoms with E-state index in [-0.39, 0.29) is 18.1 Å². The fourth-order valence-corrected chi connectivity index (χ4v) is 3.53. The molecular weight excluding hydrogens is 334 g/mol. The minimum atomic E-state index is -0.266. The number of amides is 1. The third-order valence-electron chi connectivity index (χ3n) is 5.08. The molecule has 8 heteroatoms. The summed E-state index contributed by atoms with van der Waals surface area (Å²) in [4.78, 5) is 28.4. The molecule has 1 amide bonds. The molecule has 0 aliphatic carbocycles. The summed E-state index contributed by atoms with van der Waals surface area (Å²) in [5.74, 6) is 0.976. The fraction of sp³-hybridized carbons (Fsp3) is 0.500. The van der Waals surface area contributed by atoms with Crippen LogP contribution in [0, 0.1) is 0 Å². The van der Waals surface area contributed by atoms with Crippen molar-refractivity contribution in [3.63, 3.8) is 0 Å². The van der Waals surface area contributed by atoms with Crippen molar-refractivity contribution < 1.29 is 9.53 Å². The van der Waals surface area contributed by atoms with Gasteiger partial charge in [-0.2, -0.15) is 5.10 Å². The molecule has 1 aromatic heterocycles. The van der Waals surface area contributed by atoms with Gasteiger partial charge in [0.1, 0.15) is 18.6 Å². The van der Waals surface area contributed by atoms with E-state index in [2.05, 4.69) is 28.2 Å². The van der Waals surface area contributed by atoms with Gasteiger partial charge >= 0.3 is 5.69 Å². The summed E-state index contributed by atoms with van der Waals surface area (Å²) in [6, 6.07) is 6.41. The van der Waals surface area contributed by atoms with Gasteiger partial charge in [-0.3, -0.25) is 14.3 Å². The van der Waals surface area contributed by atoms with Crippen molar-refractivity contribution in [2.45, 2.75) is 19.5 Å². The molecule has 0 N–H and O–H groups in total. The highest BCUT2D eigenvalue weighted by Crippen LogP contribution is 2.26. The van der Waals surface area contributed by atoms with Gasteiger partial charge in [0.15, 0.2) is 0 Å².